The Bertz CT molecular complexity index is 876. The first kappa shape index (κ1) is 17.2. The third-order valence-electron chi connectivity index (χ3n) is 4.54. The van der Waals surface area contributed by atoms with Gasteiger partial charge in [-0.1, -0.05) is 6.07 Å². The van der Waals surface area contributed by atoms with Gasteiger partial charge in [-0.25, -0.2) is 4.79 Å². The number of anilines is 1. The number of piperazine rings is 1. The molecule has 1 fully saturated rings. The highest BCUT2D eigenvalue weighted by molar-refractivity contribution is 5.90. The van der Waals surface area contributed by atoms with E-state index in [1.165, 1.54) is 12.0 Å². The van der Waals surface area contributed by atoms with E-state index in [-0.39, 0.29) is 6.03 Å². The molecule has 2 aromatic heterocycles. The summed E-state index contributed by atoms with van der Waals surface area (Å²) in [5, 5.41) is 10.5. The Balaban J connectivity index is 1.31. The van der Waals surface area contributed by atoms with Gasteiger partial charge in [-0.15, -0.1) is 10.2 Å². The second-order valence-electron chi connectivity index (χ2n) is 6.37. The normalized spacial score (nSPS) is 14.9. The van der Waals surface area contributed by atoms with Crippen molar-refractivity contribution in [1.82, 2.24) is 25.0 Å². The molecular formula is C19H20N6O2. The molecular weight excluding hydrogens is 344 g/mol. The number of carbonyl (C=O) groups excluding carboxylic acids is 1. The molecule has 0 saturated carbocycles. The SMILES string of the molecule is O=C(Nc1cccc(-c2nnco2)c1)N1CCN(Cc2ccncc2)CC1. The van der Waals surface area contributed by atoms with Crippen LogP contribution in [0.25, 0.3) is 11.5 Å². The number of benzene rings is 1. The Morgan fingerprint density at radius 2 is 1.93 bits per heavy atom. The van der Waals surface area contributed by atoms with Gasteiger partial charge in [-0.3, -0.25) is 9.88 Å². The van der Waals surface area contributed by atoms with E-state index in [9.17, 15) is 4.79 Å². The number of rotatable bonds is 4. The zero-order valence-corrected chi connectivity index (χ0v) is 14.8. The van der Waals surface area contributed by atoms with Crippen LogP contribution < -0.4 is 5.32 Å². The number of hydrogen-bond donors (Lipinski definition) is 1. The Morgan fingerprint density at radius 3 is 2.67 bits per heavy atom. The number of hydrogen-bond acceptors (Lipinski definition) is 6. The average Bonchev–Trinajstić information content (AvgIpc) is 3.24. The molecule has 0 unspecified atom stereocenters. The van der Waals surface area contributed by atoms with Crippen LogP contribution >= 0.6 is 0 Å². The van der Waals surface area contributed by atoms with Gasteiger partial charge < -0.3 is 14.6 Å². The minimum atomic E-state index is -0.0961. The summed E-state index contributed by atoms with van der Waals surface area (Å²) in [4.78, 5) is 20.8. The Labute approximate surface area is 156 Å². The highest BCUT2D eigenvalue weighted by atomic mass is 16.4. The number of pyridine rings is 1. The van der Waals surface area contributed by atoms with Crippen LogP contribution in [0.5, 0.6) is 0 Å². The second-order valence-corrected chi connectivity index (χ2v) is 6.37. The third kappa shape index (κ3) is 4.29. The molecule has 0 spiro atoms. The van der Waals surface area contributed by atoms with E-state index in [2.05, 4.69) is 25.4 Å². The number of aromatic nitrogens is 3. The smallest absolute Gasteiger partial charge is 0.321 e. The quantitative estimate of drug-likeness (QED) is 0.765. The summed E-state index contributed by atoms with van der Waals surface area (Å²) in [5.74, 6) is 0.427. The molecule has 1 aliphatic heterocycles. The lowest BCUT2D eigenvalue weighted by Gasteiger charge is -2.34. The Kier molecular flexibility index (Phi) is 5.06. The number of carbonyl (C=O) groups is 1. The van der Waals surface area contributed by atoms with Crippen molar-refractivity contribution in [2.75, 3.05) is 31.5 Å². The van der Waals surface area contributed by atoms with Crippen molar-refractivity contribution < 1.29 is 9.21 Å². The first-order chi connectivity index (χ1) is 13.3. The van der Waals surface area contributed by atoms with Crippen molar-refractivity contribution in [3.8, 4) is 11.5 Å². The summed E-state index contributed by atoms with van der Waals surface area (Å²) in [6.07, 6.45) is 4.90. The minimum Gasteiger partial charge on any atom is -0.423 e. The molecule has 3 heterocycles. The summed E-state index contributed by atoms with van der Waals surface area (Å²) < 4.78 is 5.20. The number of amides is 2. The highest BCUT2D eigenvalue weighted by Gasteiger charge is 2.21. The van der Waals surface area contributed by atoms with Crippen LogP contribution in [0.2, 0.25) is 0 Å². The molecule has 1 saturated heterocycles. The van der Waals surface area contributed by atoms with E-state index in [1.807, 2.05) is 41.3 Å². The van der Waals surface area contributed by atoms with Gasteiger partial charge in [0, 0.05) is 56.4 Å². The Hall–Kier alpha value is -3.26. The maximum absolute atomic E-state index is 12.6. The van der Waals surface area contributed by atoms with E-state index in [4.69, 9.17) is 4.42 Å². The molecule has 0 bridgehead atoms. The summed E-state index contributed by atoms with van der Waals surface area (Å²) in [6, 6.07) is 11.3. The molecule has 0 atom stereocenters. The molecule has 1 aromatic carbocycles. The predicted octanol–water partition coefficient (Wildman–Crippen LogP) is 2.48. The summed E-state index contributed by atoms with van der Waals surface area (Å²) in [5.41, 5.74) is 2.71. The molecule has 27 heavy (non-hydrogen) atoms. The summed E-state index contributed by atoms with van der Waals surface area (Å²) in [7, 11) is 0. The second kappa shape index (κ2) is 7.96. The molecule has 3 aromatic rings. The monoisotopic (exact) mass is 364 g/mol. The van der Waals surface area contributed by atoms with Crippen LogP contribution in [0, 0.1) is 0 Å². The van der Waals surface area contributed by atoms with Gasteiger partial charge >= 0.3 is 6.03 Å². The zero-order chi connectivity index (χ0) is 18.5. The van der Waals surface area contributed by atoms with E-state index in [0.717, 1.165) is 25.2 Å². The third-order valence-corrected chi connectivity index (χ3v) is 4.54. The number of urea groups is 1. The van der Waals surface area contributed by atoms with E-state index in [0.29, 0.717) is 24.7 Å². The topological polar surface area (TPSA) is 87.4 Å². The molecule has 8 nitrogen and oxygen atoms in total. The van der Waals surface area contributed by atoms with Gasteiger partial charge in [-0.05, 0) is 35.9 Å². The van der Waals surface area contributed by atoms with Gasteiger partial charge in [-0.2, -0.15) is 0 Å². The summed E-state index contributed by atoms with van der Waals surface area (Å²) in [6.45, 7) is 3.96. The highest BCUT2D eigenvalue weighted by Crippen LogP contribution is 2.20. The van der Waals surface area contributed by atoms with Crippen LogP contribution in [0.1, 0.15) is 5.56 Å². The Morgan fingerprint density at radius 1 is 1.11 bits per heavy atom. The van der Waals surface area contributed by atoms with Crippen LogP contribution in [0.3, 0.4) is 0 Å². The lowest BCUT2D eigenvalue weighted by molar-refractivity contribution is 0.143. The van der Waals surface area contributed by atoms with Gasteiger partial charge in [0.25, 0.3) is 0 Å². The van der Waals surface area contributed by atoms with Gasteiger partial charge in [0.05, 0.1) is 0 Å². The number of nitrogens with zero attached hydrogens (tertiary/aromatic N) is 5. The largest absolute Gasteiger partial charge is 0.423 e. The average molecular weight is 364 g/mol. The minimum absolute atomic E-state index is 0.0961. The van der Waals surface area contributed by atoms with Crippen molar-refractivity contribution in [2.24, 2.45) is 0 Å². The fraction of sp³-hybridized carbons (Fsp3) is 0.263. The summed E-state index contributed by atoms with van der Waals surface area (Å²) >= 11 is 0. The van der Waals surface area contributed by atoms with Crippen molar-refractivity contribution in [2.45, 2.75) is 6.54 Å². The molecule has 8 heteroatoms. The van der Waals surface area contributed by atoms with Gasteiger partial charge in [0.15, 0.2) is 0 Å². The zero-order valence-electron chi connectivity index (χ0n) is 14.8. The fourth-order valence-corrected chi connectivity index (χ4v) is 3.09. The van der Waals surface area contributed by atoms with Crippen molar-refractivity contribution in [3.05, 3.63) is 60.7 Å². The first-order valence-corrected chi connectivity index (χ1v) is 8.82. The fourth-order valence-electron chi connectivity index (χ4n) is 3.09. The van der Waals surface area contributed by atoms with Crippen LogP contribution in [-0.4, -0.2) is 57.2 Å². The molecule has 1 aliphatic rings. The van der Waals surface area contributed by atoms with Crippen LogP contribution in [0.4, 0.5) is 10.5 Å². The van der Waals surface area contributed by atoms with Gasteiger partial charge in [0.2, 0.25) is 12.3 Å². The van der Waals surface area contributed by atoms with Crippen molar-refractivity contribution >= 4 is 11.7 Å². The van der Waals surface area contributed by atoms with Crippen molar-refractivity contribution in [3.63, 3.8) is 0 Å². The molecule has 4 rings (SSSR count). The van der Waals surface area contributed by atoms with Crippen LogP contribution in [-0.2, 0) is 6.54 Å². The van der Waals surface area contributed by atoms with E-state index < -0.39 is 0 Å². The van der Waals surface area contributed by atoms with E-state index in [1.54, 1.807) is 12.4 Å². The molecule has 1 N–H and O–H groups in total. The molecule has 0 aliphatic carbocycles. The van der Waals surface area contributed by atoms with Gasteiger partial charge in [0.1, 0.15) is 0 Å². The lowest BCUT2D eigenvalue weighted by Crippen LogP contribution is -2.49. The number of nitrogens with one attached hydrogen (secondary N) is 1. The molecule has 138 valence electrons. The maximum atomic E-state index is 12.6. The van der Waals surface area contributed by atoms with Crippen LogP contribution in [0.15, 0.2) is 59.6 Å². The van der Waals surface area contributed by atoms with E-state index >= 15 is 0 Å². The molecule has 0 radical (unpaired) electrons. The van der Waals surface area contributed by atoms with Crippen molar-refractivity contribution in [1.29, 1.82) is 0 Å². The first-order valence-electron chi connectivity index (χ1n) is 8.82. The standard InChI is InChI=1S/C19H20N6O2/c26-19(22-17-3-1-2-16(12-17)18-23-21-14-27-18)25-10-8-24(9-11-25)13-15-4-6-20-7-5-15/h1-7,12,14H,8-11,13H2,(H,22,26). The predicted molar refractivity (Wildman–Crippen MR) is 99.8 cm³/mol. The molecule has 2 amide bonds. The maximum Gasteiger partial charge on any atom is 0.321 e. The lowest BCUT2D eigenvalue weighted by atomic mass is 10.2.